The molecule has 0 saturated carbocycles. The van der Waals surface area contributed by atoms with E-state index in [1.807, 2.05) is 86.4 Å². The summed E-state index contributed by atoms with van der Waals surface area (Å²) in [4.78, 5) is 48.0. The van der Waals surface area contributed by atoms with E-state index in [2.05, 4.69) is 88.5 Å². The van der Waals surface area contributed by atoms with Gasteiger partial charge in [0.15, 0.2) is 0 Å². The first-order chi connectivity index (χ1) is 37.9. The van der Waals surface area contributed by atoms with Crippen LogP contribution in [0.1, 0.15) is 71.7 Å². The van der Waals surface area contributed by atoms with Crippen LogP contribution in [0.25, 0.3) is 11.0 Å². The molecule has 8 aromatic rings. The highest BCUT2D eigenvalue weighted by atomic mass is 79.9. The molecule has 18 heteroatoms. The van der Waals surface area contributed by atoms with Crippen LogP contribution >= 0.6 is 15.9 Å². The number of pyridine rings is 1. The minimum Gasteiger partial charge on any atom is -0.497 e. The SMILES string of the molecule is COc1ccc(Cn2c(CBr)cn3c(C4CCOCC4)ncc3c2=O)cc1.COc1ccc(Cn2c(CN3CCN(c4ccccn4)CC3)cn3c(C4CCOCC4)ncc3c2=O)cc1.c1ccc(N2CCNCC2)cc1. The van der Waals surface area contributed by atoms with Gasteiger partial charge in [-0.25, -0.2) is 15.0 Å². The second-order valence-electron chi connectivity index (χ2n) is 19.9. The van der Waals surface area contributed by atoms with Crippen LogP contribution in [0.2, 0.25) is 0 Å². The molecule has 0 unspecified atom stereocenters. The molecule has 12 rings (SSSR count). The zero-order valence-electron chi connectivity index (χ0n) is 44.2. The van der Waals surface area contributed by atoms with E-state index in [4.69, 9.17) is 23.9 Å². The second-order valence-corrected chi connectivity index (χ2v) is 20.5. The van der Waals surface area contributed by atoms with Gasteiger partial charge in [-0.3, -0.25) is 23.3 Å². The number of benzene rings is 3. The minimum absolute atomic E-state index is 0.00347. The van der Waals surface area contributed by atoms with Crippen molar-refractivity contribution in [3.05, 3.63) is 183 Å². The number of alkyl halides is 1. The number of imidazole rings is 2. The molecule has 4 aliphatic rings. The number of fused-ring (bicyclic) bond motifs is 2. The van der Waals surface area contributed by atoms with Gasteiger partial charge in [-0.2, -0.15) is 0 Å². The van der Waals surface area contributed by atoms with Crippen LogP contribution in [-0.4, -0.2) is 131 Å². The quantitative estimate of drug-likeness (QED) is 0.113. The van der Waals surface area contributed by atoms with E-state index in [-0.39, 0.29) is 11.1 Å². The fourth-order valence-electron chi connectivity index (χ4n) is 10.7. The van der Waals surface area contributed by atoms with E-state index in [9.17, 15) is 9.59 Å². The fraction of sp³-hybridized carbons (Fsp3) is 0.407. The summed E-state index contributed by atoms with van der Waals surface area (Å²) in [6.45, 7) is 12.8. The van der Waals surface area contributed by atoms with Crippen LogP contribution in [0.3, 0.4) is 0 Å². The maximum atomic E-state index is 13.9. The van der Waals surface area contributed by atoms with Gasteiger partial charge in [0.25, 0.3) is 11.1 Å². The van der Waals surface area contributed by atoms with Gasteiger partial charge in [0, 0.05) is 132 Å². The lowest BCUT2D eigenvalue weighted by molar-refractivity contribution is 0.0834. The maximum absolute atomic E-state index is 13.9. The summed E-state index contributed by atoms with van der Waals surface area (Å²) in [5.74, 6) is 5.20. The molecular formula is C59H70BrN11O6. The van der Waals surface area contributed by atoms with Crippen molar-refractivity contribution in [1.29, 1.82) is 0 Å². The number of aromatic nitrogens is 7. The van der Waals surface area contributed by atoms with Crippen molar-refractivity contribution >= 4 is 38.5 Å². The summed E-state index contributed by atoms with van der Waals surface area (Å²) in [5, 5.41) is 3.94. The molecule has 0 bridgehead atoms. The average Bonchev–Trinajstić information content (AvgIpc) is 4.14. The minimum atomic E-state index is -0.0198. The number of rotatable bonds is 13. The third-order valence-electron chi connectivity index (χ3n) is 15.1. The van der Waals surface area contributed by atoms with Crippen molar-refractivity contribution < 1.29 is 18.9 Å². The van der Waals surface area contributed by atoms with Crippen LogP contribution in [0, 0.1) is 0 Å². The number of piperazine rings is 2. The standard InChI is InChI=1S/C29H34N6O3.C20H22BrN3O3.C10H14N2/c1-37-25-7-5-22(6-8-25)19-34-24(20-32-12-14-33(15-13-32)27-4-2-3-11-30-27)21-35-26(29(34)36)18-31-28(35)23-9-16-38-17-10-23;1-26-17-4-2-14(3-5-17)12-23-16(10-21)13-24-18(20(23)25)11-22-19(24)15-6-8-27-9-7-15;1-2-4-10(5-3-1)12-8-6-11-7-9-12/h2-8,11,18,21,23H,9-10,12-17,19-20H2,1H3;2-5,11,13,15H,6-10,12H2,1H3;1-5,11H,6-9H2. The summed E-state index contributed by atoms with van der Waals surface area (Å²) in [7, 11) is 3.31. The number of halogens is 1. The normalized spacial score (nSPS) is 16.7. The molecule has 4 aliphatic heterocycles. The third kappa shape index (κ3) is 13.0. The Hall–Kier alpha value is -6.83. The van der Waals surface area contributed by atoms with E-state index >= 15 is 0 Å². The van der Waals surface area contributed by atoms with Crippen molar-refractivity contribution in [2.24, 2.45) is 0 Å². The van der Waals surface area contributed by atoms with Gasteiger partial charge in [0.2, 0.25) is 0 Å². The Balaban J connectivity index is 0.000000149. The zero-order chi connectivity index (χ0) is 52.9. The van der Waals surface area contributed by atoms with Crippen LogP contribution in [0.4, 0.5) is 11.5 Å². The number of methoxy groups -OCH3 is 2. The molecule has 0 radical (unpaired) electrons. The van der Waals surface area contributed by atoms with Gasteiger partial charge in [0.1, 0.15) is 40.0 Å². The molecule has 0 amide bonds. The van der Waals surface area contributed by atoms with Crippen LogP contribution in [0.15, 0.2) is 138 Å². The van der Waals surface area contributed by atoms with Crippen LogP contribution in [-0.2, 0) is 34.4 Å². The summed E-state index contributed by atoms with van der Waals surface area (Å²) < 4.78 is 29.3. The average molecular weight is 1110 g/mol. The first-order valence-electron chi connectivity index (χ1n) is 26.9. The number of nitrogens with zero attached hydrogens (tertiary/aromatic N) is 10. The number of ether oxygens (including phenoxy) is 4. The third-order valence-corrected chi connectivity index (χ3v) is 15.7. The van der Waals surface area contributed by atoms with Gasteiger partial charge in [-0.15, -0.1) is 0 Å². The Morgan fingerprint density at radius 1 is 0.571 bits per heavy atom. The Morgan fingerprint density at radius 3 is 1.57 bits per heavy atom. The highest BCUT2D eigenvalue weighted by Crippen LogP contribution is 2.29. The number of anilines is 2. The van der Waals surface area contributed by atoms with Crippen molar-refractivity contribution in [2.45, 2.75) is 62.5 Å². The summed E-state index contributed by atoms with van der Waals surface area (Å²) in [5.41, 5.74) is 6.60. The predicted octanol–water partition coefficient (Wildman–Crippen LogP) is 7.60. The maximum Gasteiger partial charge on any atom is 0.277 e. The first-order valence-corrected chi connectivity index (χ1v) is 28.0. The highest BCUT2D eigenvalue weighted by molar-refractivity contribution is 9.08. The van der Waals surface area contributed by atoms with Gasteiger partial charge >= 0.3 is 0 Å². The van der Waals surface area contributed by atoms with Crippen molar-refractivity contribution in [3.8, 4) is 11.5 Å². The number of nitrogens with one attached hydrogen (secondary N) is 1. The molecule has 17 nitrogen and oxygen atoms in total. The molecule has 404 valence electrons. The molecule has 77 heavy (non-hydrogen) atoms. The lowest BCUT2D eigenvalue weighted by Gasteiger charge is -2.35. The summed E-state index contributed by atoms with van der Waals surface area (Å²) in [6, 6.07) is 32.4. The molecular weight excluding hydrogens is 1040 g/mol. The Kier molecular flexibility index (Phi) is 18.1. The number of para-hydroxylation sites is 1. The molecule has 3 aromatic carbocycles. The van der Waals surface area contributed by atoms with Crippen molar-refractivity contribution in [3.63, 3.8) is 0 Å². The van der Waals surface area contributed by atoms with Gasteiger partial charge in [-0.1, -0.05) is 64.5 Å². The van der Waals surface area contributed by atoms with E-state index in [1.165, 1.54) is 5.69 Å². The molecule has 4 saturated heterocycles. The molecule has 4 fully saturated rings. The fourth-order valence-corrected chi connectivity index (χ4v) is 11.1. The largest absolute Gasteiger partial charge is 0.497 e. The molecule has 0 atom stereocenters. The predicted molar refractivity (Wildman–Crippen MR) is 305 cm³/mol. The number of hydrogen-bond donors (Lipinski definition) is 1. The molecule has 1 N–H and O–H groups in total. The summed E-state index contributed by atoms with van der Waals surface area (Å²) >= 11 is 3.54. The van der Waals surface area contributed by atoms with E-state index < -0.39 is 0 Å². The van der Waals surface area contributed by atoms with E-state index in [0.717, 1.165) is 156 Å². The topological polar surface area (TPSA) is 150 Å². The van der Waals surface area contributed by atoms with Crippen LogP contribution in [0.5, 0.6) is 11.5 Å². The van der Waals surface area contributed by atoms with E-state index in [0.29, 0.717) is 47.8 Å². The molecule has 5 aromatic heterocycles. The molecule has 9 heterocycles. The number of hydrogen-bond acceptors (Lipinski definition) is 13. The van der Waals surface area contributed by atoms with Crippen molar-refractivity contribution in [2.75, 3.05) is 103 Å². The lowest BCUT2D eigenvalue weighted by atomic mass is 9.99. The Labute approximate surface area is 458 Å². The van der Waals surface area contributed by atoms with Crippen LogP contribution < -0.4 is 35.7 Å². The smallest absolute Gasteiger partial charge is 0.277 e. The Morgan fingerprint density at radius 2 is 1.08 bits per heavy atom. The highest BCUT2D eigenvalue weighted by Gasteiger charge is 2.26. The van der Waals surface area contributed by atoms with Gasteiger partial charge in [-0.05, 0) is 85.3 Å². The molecule has 0 aliphatic carbocycles. The van der Waals surface area contributed by atoms with Gasteiger partial charge in [0.05, 0.1) is 45.4 Å². The first kappa shape index (κ1) is 53.6. The van der Waals surface area contributed by atoms with Gasteiger partial charge < -0.3 is 43.2 Å². The van der Waals surface area contributed by atoms with Crippen molar-refractivity contribution in [1.82, 2.24) is 43.1 Å². The zero-order valence-corrected chi connectivity index (χ0v) is 45.8. The molecule has 0 spiro atoms. The summed E-state index contributed by atoms with van der Waals surface area (Å²) in [6.07, 6.45) is 13.2. The lowest BCUT2D eigenvalue weighted by Crippen LogP contribution is -2.46. The second kappa shape index (κ2) is 26.0. The Bertz CT molecular complexity index is 3250. The van der Waals surface area contributed by atoms with E-state index in [1.54, 1.807) is 31.2 Å². The monoisotopic (exact) mass is 1110 g/mol.